The van der Waals surface area contributed by atoms with Crippen molar-refractivity contribution in [3.63, 3.8) is 0 Å². The Kier molecular flexibility index (Phi) is 5.71. The van der Waals surface area contributed by atoms with Crippen molar-refractivity contribution in [2.45, 2.75) is 13.8 Å². The van der Waals surface area contributed by atoms with Crippen LogP contribution in [0.3, 0.4) is 0 Å². The van der Waals surface area contributed by atoms with Crippen LogP contribution < -0.4 is 5.32 Å². The number of nitrogens with zero attached hydrogens (tertiary/aromatic N) is 1. The van der Waals surface area contributed by atoms with Crippen molar-refractivity contribution >= 4 is 34.9 Å². The van der Waals surface area contributed by atoms with Gasteiger partial charge in [0.2, 0.25) is 0 Å². The molecule has 1 N–H and O–H groups in total. The van der Waals surface area contributed by atoms with Gasteiger partial charge in [-0.15, -0.1) is 0 Å². The summed E-state index contributed by atoms with van der Waals surface area (Å²) in [6, 6.07) is 8.95. The molecule has 0 radical (unpaired) electrons. The summed E-state index contributed by atoms with van der Waals surface area (Å²) in [5, 5.41) is 13.5. The first-order valence-electron chi connectivity index (χ1n) is 7.26. The number of hydrogen-bond acceptors (Lipinski definition) is 5. The standard InChI is InChI=1S/C17H15ClN2O5/c1-10-4-3-5-13(11(10)2)17(22)25-9-16(21)19-14-8-12(18)6-7-15(14)20(23)24/h3-8H,9H2,1-2H3,(H,19,21). The number of amides is 1. The number of carbonyl (C=O) groups excluding carboxylic acids is 2. The Morgan fingerprint density at radius 1 is 1.24 bits per heavy atom. The lowest BCUT2D eigenvalue weighted by atomic mass is 10.0. The molecule has 25 heavy (non-hydrogen) atoms. The van der Waals surface area contributed by atoms with Gasteiger partial charge in [0.25, 0.3) is 11.6 Å². The number of carbonyl (C=O) groups is 2. The van der Waals surface area contributed by atoms with Crippen molar-refractivity contribution in [1.82, 2.24) is 0 Å². The molecule has 0 bridgehead atoms. The van der Waals surface area contributed by atoms with E-state index < -0.39 is 23.4 Å². The molecule has 0 spiro atoms. The van der Waals surface area contributed by atoms with E-state index >= 15 is 0 Å². The Balaban J connectivity index is 2.04. The van der Waals surface area contributed by atoms with Crippen LogP contribution in [0, 0.1) is 24.0 Å². The average molecular weight is 363 g/mol. The summed E-state index contributed by atoms with van der Waals surface area (Å²) in [7, 11) is 0. The van der Waals surface area contributed by atoms with Crippen molar-refractivity contribution in [2.24, 2.45) is 0 Å². The largest absolute Gasteiger partial charge is 0.452 e. The van der Waals surface area contributed by atoms with Crippen LogP contribution in [0.15, 0.2) is 36.4 Å². The lowest BCUT2D eigenvalue weighted by Gasteiger charge is -2.09. The highest BCUT2D eigenvalue weighted by molar-refractivity contribution is 6.31. The van der Waals surface area contributed by atoms with Gasteiger partial charge in [0.15, 0.2) is 6.61 Å². The van der Waals surface area contributed by atoms with Crippen LogP contribution in [0.25, 0.3) is 0 Å². The monoisotopic (exact) mass is 362 g/mol. The molecule has 0 aliphatic heterocycles. The highest BCUT2D eigenvalue weighted by atomic mass is 35.5. The molecule has 0 unspecified atom stereocenters. The van der Waals surface area contributed by atoms with Crippen molar-refractivity contribution in [1.29, 1.82) is 0 Å². The minimum Gasteiger partial charge on any atom is -0.452 e. The molecule has 0 aliphatic carbocycles. The molecule has 2 aromatic rings. The second-order valence-electron chi connectivity index (χ2n) is 5.29. The highest BCUT2D eigenvalue weighted by Gasteiger charge is 2.18. The van der Waals surface area contributed by atoms with E-state index in [1.165, 1.54) is 18.2 Å². The van der Waals surface area contributed by atoms with Gasteiger partial charge in [-0.2, -0.15) is 0 Å². The Hall–Kier alpha value is -2.93. The summed E-state index contributed by atoms with van der Waals surface area (Å²) < 4.78 is 4.97. The lowest BCUT2D eigenvalue weighted by molar-refractivity contribution is -0.383. The first-order chi connectivity index (χ1) is 11.8. The van der Waals surface area contributed by atoms with E-state index in [0.717, 1.165) is 11.1 Å². The minimum atomic E-state index is -0.705. The summed E-state index contributed by atoms with van der Waals surface area (Å²) in [4.78, 5) is 34.3. The van der Waals surface area contributed by atoms with E-state index in [-0.39, 0.29) is 16.4 Å². The van der Waals surface area contributed by atoms with E-state index in [4.69, 9.17) is 16.3 Å². The predicted molar refractivity (Wildman–Crippen MR) is 92.9 cm³/mol. The number of anilines is 1. The van der Waals surface area contributed by atoms with Gasteiger partial charge in [0.1, 0.15) is 5.69 Å². The molecule has 0 atom stereocenters. The number of halogens is 1. The zero-order chi connectivity index (χ0) is 18.6. The summed E-state index contributed by atoms with van der Waals surface area (Å²) in [6.45, 7) is 3.06. The Labute approximate surface area is 148 Å². The summed E-state index contributed by atoms with van der Waals surface area (Å²) in [5.74, 6) is -1.35. The third kappa shape index (κ3) is 4.54. The molecule has 2 aromatic carbocycles. The molecule has 0 heterocycles. The molecule has 7 nitrogen and oxygen atoms in total. The number of nitro benzene ring substituents is 1. The molecule has 8 heteroatoms. The molecule has 0 aromatic heterocycles. The van der Waals surface area contributed by atoms with Crippen molar-refractivity contribution in [3.05, 3.63) is 68.2 Å². The van der Waals surface area contributed by atoms with Crippen LogP contribution in [0.5, 0.6) is 0 Å². The first-order valence-corrected chi connectivity index (χ1v) is 7.64. The van der Waals surface area contributed by atoms with Gasteiger partial charge in [-0.25, -0.2) is 4.79 Å². The van der Waals surface area contributed by atoms with E-state index in [0.29, 0.717) is 5.56 Å². The third-order valence-electron chi connectivity index (χ3n) is 3.59. The van der Waals surface area contributed by atoms with Gasteiger partial charge in [0.05, 0.1) is 10.5 Å². The lowest BCUT2D eigenvalue weighted by Crippen LogP contribution is -2.21. The molecule has 130 valence electrons. The summed E-state index contributed by atoms with van der Waals surface area (Å²) >= 11 is 5.79. The average Bonchev–Trinajstić information content (AvgIpc) is 2.55. The smallest absolute Gasteiger partial charge is 0.338 e. The quantitative estimate of drug-likeness (QED) is 0.497. The second kappa shape index (κ2) is 7.76. The zero-order valence-corrected chi connectivity index (χ0v) is 14.3. The van der Waals surface area contributed by atoms with Crippen LogP contribution in [-0.2, 0) is 9.53 Å². The van der Waals surface area contributed by atoms with E-state index in [1.54, 1.807) is 19.1 Å². The maximum atomic E-state index is 12.1. The number of benzene rings is 2. The molecular weight excluding hydrogens is 348 g/mol. The van der Waals surface area contributed by atoms with Crippen LogP contribution in [0.1, 0.15) is 21.5 Å². The topological polar surface area (TPSA) is 98.5 Å². The van der Waals surface area contributed by atoms with E-state index in [2.05, 4.69) is 5.32 Å². The third-order valence-corrected chi connectivity index (χ3v) is 3.82. The number of nitrogens with one attached hydrogen (secondary N) is 1. The molecular formula is C17H15ClN2O5. The molecule has 0 fully saturated rings. The first kappa shape index (κ1) is 18.4. The Bertz CT molecular complexity index is 851. The number of ether oxygens (including phenoxy) is 1. The van der Waals surface area contributed by atoms with Crippen molar-refractivity contribution in [2.75, 3.05) is 11.9 Å². The van der Waals surface area contributed by atoms with E-state index in [9.17, 15) is 19.7 Å². The zero-order valence-electron chi connectivity index (χ0n) is 13.5. The Morgan fingerprint density at radius 3 is 2.64 bits per heavy atom. The van der Waals surface area contributed by atoms with Crippen molar-refractivity contribution in [3.8, 4) is 0 Å². The molecule has 0 saturated carbocycles. The fourth-order valence-electron chi connectivity index (χ4n) is 2.13. The molecule has 0 saturated heterocycles. The van der Waals surface area contributed by atoms with Gasteiger partial charge < -0.3 is 10.1 Å². The molecule has 2 rings (SSSR count). The number of esters is 1. The van der Waals surface area contributed by atoms with Crippen LogP contribution in [-0.4, -0.2) is 23.4 Å². The van der Waals surface area contributed by atoms with Gasteiger partial charge in [-0.1, -0.05) is 23.7 Å². The number of rotatable bonds is 5. The van der Waals surface area contributed by atoms with E-state index in [1.807, 2.05) is 13.0 Å². The fourth-order valence-corrected chi connectivity index (χ4v) is 2.31. The second-order valence-corrected chi connectivity index (χ2v) is 5.73. The maximum absolute atomic E-state index is 12.1. The van der Waals surface area contributed by atoms with Crippen LogP contribution in [0.2, 0.25) is 5.02 Å². The van der Waals surface area contributed by atoms with Crippen LogP contribution >= 0.6 is 11.6 Å². The SMILES string of the molecule is Cc1cccc(C(=O)OCC(=O)Nc2cc(Cl)ccc2[N+](=O)[O-])c1C. The van der Waals surface area contributed by atoms with Gasteiger partial charge >= 0.3 is 5.97 Å². The normalized spacial score (nSPS) is 10.2. The molecule has 0 aliphatic rings. The highest BCUT2D eigenvalue weighted by Crippen LogP contribution is 2.27. The summed E-state index contributed by atoms with van der Waals surface area (Å²) in [6.07, 6.45) is 0. The number of hydrogen-bond donors (Lipinski definition) is 1. The maximum Gasteiger partial charge on any atom is 0.338 e. The fraction of sp³-hybridized carbons (Fsp3) is 0.176. The van der Waals surface area contributed by atoms with Crippen LogP contribution in [0.4, 0.5) is 11.4 Å². The Morgan fingerprint density at radius 2 is 1.96 bits per heavy atom. The minimum absolute atomic E-state index is 0.0646. The van der Waals surface area contributed by atoms with Gasteiger partial charge in [0, 0.05) is 11.1 Å². The van der Waals surface area contributed by atoms with Crippen molar-refractivity contribution < 1.29 is 19.2 Å². The number of nitro groups is 1. The predicted octanol–water partition coefficient (Wildman–Crippen LogP) is 3.66. The number of aryl methyl sites for hydroxylation is 1. The van der Waals surface area contributed by atoms with Gasteiger partial charge in [-0.3, -0.25) is 14.9 Å². The summed E-state index contributed by atoms with van der Waals surface area (Å²) in [5.41, 5.74) is 1.68. The molecule has 1 amide bonds. The van der Waals surface area contributed by atoms with Gasteiger partial charge in [-0.05, 0) is 43.2 Å².